The summed E-state index contributed by atoms with van der Waals surface area (Å²) in [5, 5.41) is 18.0. The quantitative estimate of drug-likeness (QED) is 0.698. The van der Waals surface area contributed by atoms with E-state index in [2.05, 4.69) is 0 Å². The summed E-state index contributed by atoms with van der Waals surface area (Å²) in [6.07, 6.45) is -0.115. The molecule has 1 aliphatic heterocycles. The molecule has 0 spiro atoms. The topological polar surface area (TPSA) is 130 Å². The van der Waals surface area contributed by atoms with Crippen molar-refractivity contribution in [3.05, 3.63) is 0 Å². The number of carboxylic acids is 2. The molecule has 1 heterocycles. The molecule has 1 unspecified atom stereocenters. The molecule has 1 amide bonds. The number of aliphatic carboxylic acids is 2. The van der Waals surface area contributed by atoms with E-state index in [-0.39, 0.29) is 14.3 Å². The molecule has 0 bridgehead atoms. The average molecular weight is 303 g/mol. The van der Waals surface area contributed by atoms with E-state index in [9.17, 15) is 19.5 Å². The number of nitrogens with zero attached hydrogens (tertiary/aromatic N) is 1. The normalized spacial score (nSPS) is 23.7. The van der Waals surface area contributed by atoms with E-state index in [1.165, 1.54) is 0 Å². The summed E-state index contributed by atoms with van der Waals surface area (Å²) >= 11 is 0. The molecule has 0 aromatic carbocycles. The molecule has 21 heavy (non-hydrogen) atoms. The molecular formula is C13H23N2O6+. The number of rotatable bonds is 4. The Balaban J connectivity index is 0.00000441. The van der Waals surface area contributed by atoms with Crippen molar-refractivity contribution in [2.45, 2.75) is 63.8 Å². The van der Waals surface area contributed by atoms with E-state index in [1.54, 1.807) is 20.8 Å². The summed E-state index contributed by atoms with van der Waals surface area (Å²) < 4.78 is 5.21. The monoisotopic (exact) mass is 303 g/mol. The van der Waals surface area contributed by atoms with Gasteiger partial charge in [-0.1, -0.05) is 0 Å². The third-order valence-electron chi connectivity index (χ3n) is 3.24. The summed E-state index contributed by atoms with van der Waals surface area (Å²) in [6.45, 7) is 5.03. The largest absolute Gasteiger partial charge is 1.00 e. The molecule has 120 valence electrons. The van der Waals surface area contributed by atoms with Gasteiger partial charge in [-0.2, -0.15) is 0 Å². The molecule has 0 radical (unpaired) electrons. The fourth-order valence-electron chi connectivity index (χ4n) is 2.34. The Bertz CT molecular complexity index is 437. The summed E-state index contributed by atoms with van der Waals surface area (Å²) in [6, 6.07) is -2.70. The number of hydrogen-bond acceptors (Lipinski definition) is 5. The number of amides is 1. The summed E-state index contributed by atoms with van der Waals surface area (Å²) in [5.41, 5.74) is 4.72. The Hall–Kier alpha value is -1.83. The van der Waals surface area contributed by atoms with E-state index >= 15 is 0 Å². The number of hydrogen-bond donors (Lipinski definition) is 3. The van der Waals surface area contributed by atoms with Gasteiger partial charge in [0.25, 0.3) is 0 Å². The van der Waals surface area contributed by atoms with Gasteiger partial charge in [0, 0.05) is 6.04 Å². The van der Waals surface area contributed by atoms with Crippen LogP contribution < -0.4 is 5.73 Å². The Morgan fingerprint density at radius 2 is 1.90 bits per heavy atom. The highest BCUT2D eigenvalue weighted by Crippen LogP contribution is 2.29. The lowest BCUT2D eigenvalue weighted by atomic mass is 10.1. The van der Waals surface area contributed by atoms with Gasteiger partial charge in [-0.3, -0.25) is 9.69 Å². The van der Waals surface area contributed by atoms with Gasteiger partial charge in [-0.05, 0) is 40.0 Å². The predicted molar refractivity (Wildman–Crippen MR) is 73.9 cm³/mol. The zero-order chi connectivity index (χ0) is 16.4. The lowest BCUT2D eigenvalue weighted by Gasteiger charge is -2.31. The van der Waals surface area contributed by atoms with Crippen LogP contribution in [0.4, 0.5) is 4.79 Å². The molecule has 1 fully saturated rings. The standard InChI is InChI=1S/C13H22N2O6/c1-13(2,3)21-12(20)15-7(6-8(14)10(16)17)4-5-9(15)11(18)19/h7-9H,4-6,14H2,1-3H3,(H,16,17)(H,18,19)/p+1/t7-,8?,9-/m0/s1. The number of nitrogens with two attached hydrogens (primary N) is 1. The predicted octanol–water partition coefficient (Wildman–Crippen LogP) is 0.754. The minimum Gasteiger partial charge on any atom is -0.480 e. The van der Waals surface area contributed by atoms with E-state index in [0.717, 1.165) is 4.90 Å². The van der Waals surface area contributed by atoms with Crippen molar-refractivity contribution in [3.63, 3.8) is 0 Å². The molecule has 0 saturated carbocycles. The molecule has 8 nitrogen and oxygen atoms in total. The number of carbonyl (C=O) groups excluding carboxylic acids is 1. The highest BCUT2D eigenvalue weighted by molar-refractivity contribution is 5.81. The molecule has 0 aromatic heterocycles. The first kappa shape index (κ1) is 17.2. The van der Waals surface area contributed by atoms with Crippen molar-refractivity contribution in [3.8, 4) is 0 Å². The van der Waals surface area contributed by atoms with Crippen LogP contribution in [0.3, 0.4) is 0 Å². The highest BCUT2D eigenvalue weighted by Gasteiger charge is 2.43. The lowest BCUT2D eigenvalue weighted by Crippen LogP contribution is -2.49. The lowest BCUT2D eigenvalue weighted by molar-refractivity contribution is -0.142. The Kier molecular flexibility index (Phi) is 5.16. The SMILES string of the molecule is CC(C)(C)OC(=O)N1[C@H](CC(N)C(=O)O)CC[C@H]1C(=O)O.[H+]. The molecule has 3 atom stereocenters. The van der Waals surface area contributed by atoms with Crippen LogP contribution in [-0.2, 0) is 14.3 Å². The first-order chi connectivity index (χ1) is 9.53. The van der Waals surface area contributed by atoms with Crippen LogP contribution >= 0.6 is 0 Å². The first-order valence-electron chi connectivity index (χ1n) is 6.75. The molecule has 8 heteroatoms. The molecule has 0 aliphatic carbocycles. The van der Waals surface area contributed by atoms with Crippen LogP contribution in [0, 0.1) is 0 Å². The van der Waals surface area contributed by atoms with Crippen molar-refractivity contribution in [2.24, 2.45) is 5.73 Å². The number of ether oxygens (including phenoxy) is 1. The first-order valence-corrected chi connectivity index (χ1v) is 6.75. The molecule has 0 aromatic rings. The maximum Gasteiger partial charge on any atom is 1.00 e. The second-order valence-electron chi connectivity index (χ2n) is 6.15. The van der Waals surface area contributed by atoms with Gasteiger partial charge in [-0.25, -0.2) is 9.59 Å². The zero-order valence-electron chi connectivity index (χ0n) is 13.4. The van der Waals surface area contributed by atoms with Gasteiger partial charge in [-0.15, -0.1) is 0 Å². The summed E-state index contributed by atoms with van der Waals surface area (Å²) in [7, 11) is 0. The summed E-state index contributed by atoms with van der Waals surface area (Å²) in [4.78, 5) is 35.4. The zero-order valence-corrected chi connectivity index (χ0v) is 12.4. The maximum atomic E-state index is 12.2. The minimum atomic E-state index is -1.18. The van der Waals surface area contributed by atoms with Crippen LogP contribution in [0.2, 0.25) is 0 Å². The van der Waals surface area contributed by atoms with E-state index in [0.29, 0.717) is 6.42 Å². The van der Waals surface area contributed by atoms with Crippen molar-refractivity contribution in [1.82, 2.24) is 4.90 Å². The van der Waals surface area contributed by atoms with Gasteiger partial charge in [0.2, 0.25) is 0 Å². The molecule has 1 rings (SSSR count). The Labute approximate surface area is 124 Å². The molecule has 1 saturated heterocycles. The van der Waals surface area contributed by atoms with E-state index in [1.807, 2.05) is 0 Å². The van der Waals surface area contributed by atoms with Gasteiger partial charge in [0.05, 0.1) is 0 Å². The fraction of sp³-hybridized carbons (Fsp3) is 0.769. The van der Waals surface area contributed by atoms with Gasteiger partial charge >= 0.3 is 19.5 Å². The fourth-order valence-corrected chi connectivity index (χ4v) is 2.34. The molecule has 4 N–H and O–H groups in total. The van der Waals surface area contributed by atoms with Crippen molar-refractivity contribution in [1.29, 1.82) is 0 Å². The second kappa shape index (κ2) is 6.30. The Morgan fingerprint density at radius 3 is 2.33 bits per heavy atom. The van der Waals surface area contributed by atoms with Gasteiger partial charge in [0.1, 0.15) is 17.7 Å². The van der Waals surface area contributed by atoms with Gasteiger partial charge < -0.3 is 20.7 Å². The maximum absolute atomic E-state index is 12.2. The average Bonchev–Trinajstić information content (AvgIpc) is 2.70. The smallest absolute Gasteiger partial charge is 0.480 e. The van der Waals surface area contributed by atoms with Crippen LogP contribution in [0.5, 0.6) is 0 Å². The summed E-state index contributed by atoms with van der Waals surface area (Å²) in [5.74, 6) is -2.31. The highest BCUT2D eigenvalue weighted by atomic mass is 16.6. The van der Waals surface area contributed by atoms with Crippen LogP contribution in [-0.4, -0.2) is 56.9 Å². The second-order valence-corrected chi connectivity index (χ2v) is 6.15. The number of carbonyl (C=O) groups is 3. The van der Waals surface area contributed by atoms with Crippen molar-refractivity contribution < 1.29 is 30.8 Å². The van der Waals surface area contributed by atoms with E-state index < -0.39 is 41.8 Å². The van der Waals surface area contributed by atoms with Crippen LogP contribution in [0.15, 0.2) is 0 Å². The minimum absolute atomic E-state index is 0. The molecular weight excluding hydrogens is 280 g/mol. The third kappa shape index (κ3) is 4.59. The van der Waals surface area contributed by atoms with Crippen LogP contribution in [0.25, 0.3) is 0 Å². The molecule has 1 aliphatic rings. The van der Waals surface area contributed by atoms with Crippen molar-refractivity contribution >= 4 is 18.0 Å². The number of carboxylic acid groups (broad SMARTS) is 2. The van der Waals surface area contributed by atoms with Gasteiger partial charge in [0.15, 0.2) is 0 Å². The Morgan fingerprint density at radius 1 is 1.33 bits per heavy atom. The van der Waals surface area contributed by atoms with Crippen molar-refractivity contribution in [2.75, 3.05) is 0 Å². The number of likely N-dealkylation sites (tertiary alicyclic amines) is 1. The van der Waals surface area contributed by atoms with E-state index in [4.69, 9.17) is 15.6 Å². The van der Waals surface area contributed by atoms with Crippen LogP contribution in [0.1, 0.15) is 41.5 Å². The third-order valence-corrected chi connectivity index (χ3v) is 3.24.